The van der Waals surface area contributed by atoms with Crippen molar-refractivity contribution in [2.75, 3.05) is 0 Å². The highest BCUT2D eigenvalue weighted by Crippen LogP contribution is 2.78. The van der Waals surface area contributed by atoms with Gasteiger partial charge in [0.2, 0.25) is 0 Å². The van der Waals surface area contributed by atoms with E-state index in [0.717, 1.165) is 89.9 Å². The Hall–Kier alpha value is -1.66. The molecule has 372 valence electrons. The van der Waals surface area contributed by atoms with Gasteiger partial charge in [-0.1, -0.05) is 120 Å². The van der Waals surface area contributed by atoms with Gasteiger partial charge in [0.25, 0.3) is 0 Å². The van der Waals surface area contributed by atoms with Gasteiger partial charge in [0.1, 0.15) is 0 Å². The summed E-state index contributed by atoms with van der Waals surface area (Å²) in [6.45, 7) is 33.9. The number of rotatable bonds is 2. The summed E-state index contributed by atoms with van der Waals surface area (Å²) >= 11 is 0. The largest absolute Gasteiger partial charge is 0.481 e. The fourth-order valence-electron chi connectivity index (χ4n) is 21.7. The number of fused-ring (bicyclic) bond motifs is 14. The second kappa shape index (κ2) is 15.4. The average Bonchev–Trinajstić information content (AvgIpc) is 3.24. The molecule has 0 aromatic carbocycles. The first kappa shape index (κ1) is 49.3. The number of carboxylic acids is 2. The second-order valence-electron chi connectivity index (χ2n) is 29.0. The summed E-state index contributed by atoms with van der Waals surface area (Å²) in [5, 5.41) is 42.8. The minimum absolute atomic E-state index is 0.0302. The van der Waals surface area contributed by atoms with Gasteiger partial charge in [0.15, 0.2) is 0 Å². The molecule has 8 saturated carbocycles. The molecule has 0 heterocycles. The van der Waals surface area contributed by atoms with E-state index in [1.54, 1.807) is 0 Å². The second-order valence-corrected chi connectivity index (χ2v) is 29.0. The molecular formula is C60H96O6. The Morgan fingerprint density at radius 3 is 1.14 bits per heavy atom. The van der Waals surface area contributed by atoms with Gasteiger partial charge in [-0.3, -0.25) is 9.59 Å². The normalized spacial score (nSPS) is 55.3. The van der Waals surface area contributed by atoms with Gasteiger partial charge in [0.05, 0.1) is 23.0 Å². The van der Waals surface area contributed by atoms with Crippen molar-refractivity contribution in [3.63, 3.8) is 0 Å². The first-order valence-electron chi connectivity index (χ1n) is 27.8. The maximum Gasteiger partial charge on any atom is 0.310 e. The average molecular weight is 913 g/mol. The minimum atomic E-state index is -0.557. The molecule has 4 N–H and O–H groups in total. The van der Waals surface area contributed by atoms with E-state index in [-0.39, 0.29) is 67.4 Å². The number of hydrogen-bond donors (Lipinski definition) is 4. The quantitative estimate of drug-likeness (QED) is 0.205. The van der Waals surface area contributed by atoms with Crippen LogP contribution in [0.2, 0.25) is 0 Å². The van der Waals surface area contributed by atoms with E-state index in [9.17, 15) is 30.0 Å². The van der Waals surface area contributed by atoms with E-state index < -0.39 is 22.8 Å². The number of hydrogen-bond acceptors (Lipinski definition) is 4. The Morgan fingerprint density at radius 1 is 0.455 bits per heavy atom. The number of aliphatic hydroxyl groups excluding tert-OH is 2. The molecule has 0 aromatic rings. The molecule has 0 amide bonds. The summed E-state index contributed by atoms with van der Waals surface area (Å²) in [4.78, 5) is 25.6. The molecule has 0 bridgehead atoms. The lowest BCUT2D eigenvalue weighted by molar-refractivity contribution is -0.206. The Labute approximate surface area is 401 Å². The third kappa shape index (κ3) is 6.08. The topological polar surface area (TPSA) is 115 Å². The molecule has 0 aliphatic heterocycles. The number of carbonyl (C=O) groups is 2. The molecule has 10 rings (SSSR count). The first-order chi connectivity index (χ1) is 30.5. The van der Waals surface area contributed by atoms with E-state index in [0.29, 0.717) is 47.3 Å². The highest BCUT2D eigenvalue weighted by molar-refractivity contribution is 5.77. The van der Waals surface area contributed by atoms with E-state index in [4.69, 9.17) is 0 Å². The fraction of sp³-hybridized carbons (Fsp3) is 0.900. The summed E-state index contributed by atoms with van der Waals surface area (Å²) in [6, 6.07) is 0. The molecule has 0 spiro atoms. The summed E-state index contributed by atoms with van der Waals surface area (Å²) in [5.41, 5.74) is 2.92. The van der Waals surface area contributed by atoms with Gasteiger partial charge >= 0.3 is 11.9 Å². The van der Waals surface area contributed by atoms with Crippen molar-refractivity contribution in [2.24, 2.45) is 113 Å². The summed E-state index contributed by atoms with van der Waals surface area (Å²) < 4.78 is 0. The zero-order chi connectivity index (χ0) is 48.4. The zero-order valence-electron chi connectivity index (χ0n) is 44.4. The van der Waals surface area contributed by atoms with Crippen LogP contribution in [0.3, 0.4) is 0 Å². The van der Waals surface area contributed by atoms with Gasteiger partial charge < -0.3 is 20.4 Å². The van der Waals surface area contributed by atoms with Crippen LogP contribution in [-0.4, -0.2) is 44.6 Å². The Balaban J connectivity index is 0.000000166. The van der Waals surface area contributed by atoms with Crippen LogP contribution < -0.4 is 0 Å². The van der Waals surface area contributed by atoms with Crippen molar-refractivity contribution in [3.8, 4) is 0 Å². The molecule has 10 aliphatic rings. The molecule has 0 aromatic heterocycles. The van der Waals surface area contributed by atoms with E-state index in [2.05, 4.69) is 109 Å². The van der Waals surface area contributed by atoms with Gasteiger partial charge in [-0.05, 0) is 218 Å². The van der Waals surface area contributed by atoms with E-state index in [1.165, 1.54) is 36.8 Å². The predicted molar refractivity (Wildman–Crippen MR) is 265 cm³/mol. The number of allylic oxidation sites excluding steroid dienone is 4. The van der Waals surface area contributed by atoms with Crippen LogP contribution in [0, 0.1) is 113 Å². The smallest absolute Gasteiger partial charge is 0.310 e. The Bertz CT molecular complexity index is 1890. The molecule has 8 fully saturated rings. The van der Waals surface area contributed by atoms with Crippen molar-refractivity contribution in [1.29, 1.82) is 0 Å². The van der Waals surface area contributed by atoms with Crippen LogP contribution in [0.4, 0.5) is 0 Å². The Kier molecular flexibility index (Phi) is 11.5. The third-order valence-electron chi connectivity index (χ3n) is 26.8. The zero-order valence-corrected chi connectivity index (χ0v) is 44.4. The lowest BCUT2D eigenvalue weighted by Crippen LogP contribution is -2.65. The molecule has 0 saturated heterocycles. The van der Waals surface area contributed by atoms with Crippen molar-refractivity contribution in [3.05, 3.63) is 23.3 Å². The molecule has 6 heteroatoms. The monoisotopic (exact) mass is 913 g/mol. The van der Waals surface area contributed by atoms with Gasteiger partial charge in [-0.15, -0.1) is 0 Å². The van der Waals surface area contributed by atoms with Crippen LogP contribution in [0.25, 0.3) is 0 Å². The molecule has 20 atom stereocenters. The fourth-order valence-corrected chi connectivity index (χ4v) is 21.7. The lowest BCUT2D eigenvalue weighted by atomic mass is 9.33. The van der Waals surface area contributed by atoms with Crippen LogP contribution in [0.5, 0.6) is 0 Å². The van der Waals surface area contributed by atoms with E-state index in [1.807, 2.05) is 0 Å². The predicted octanol–water partition coefficient (Wildman–Crippen LogP) is 14.2. The third-order valence-corrected chi connectivity index (χ3v) is 26.8. The van der Waals surface area contributed by atoms with E-state index >= 15 is 0 Å². The molecule has 10 aliphatic carbocycles. The van der Waals surface area contributed by atoms with Crippen LogP contribution in [0.1, 0.15) is 213 Å². The van der Waals surface area contributed by atoms with Crippen LogP contribution in [-0.2, 0) is 9.59 Å². The standard InChI is InChI=1S/2C30H48O3/c2*1-18-10-15-30(25(32)33)17-16-28(6)20(24(30)19(18)2)8-9-22-27(5)13-12-23(31)26(3,4)21(27)11-14-29(22,28)7/h2*8,18-19,21-24,31H,9-17H2,1-7H3,(H,32,33)/t2*18-,19+,21+,22-,23+,24+,27+,28-,29-,30+/m11/s1. The number of aliphatic hydroxyl groups is 2. The van der Waals surface area contributed by atoms with Crippen LogP contribution >= 0.6 is 0 Å². The maximum absolute atomic E-state index is 12.8. The highest BCUT2D eigenvalue weighted by atomic mass is 16.4. The summed E-state index contributed by atoms with van der Waals surface area (Å²) in [7, 11) is 0. The molecule has 66 heavy (non-hydrogen) atoms. The SMILES string of the molecule is C[C@H]1[C@H](C)CC[C@]2(C(=O)O)CC[C@]3(C)C(=CC[C@@H]4[C@@]5(C)CC[C@H](O)C(C)(C)[C@@H]5CC[C@]43C)[C@H]12.C[C@H]1[C@H](C)CC[C@]2(C(=O)O)CC[C@]3(C)C(=CC[C@@H]4[C@@]5(C)CC[C@H](O)C(C)(C)[C@@H]5CC[C@]43C)[C@H]12. The summed E-state index contributed by atoms with van der Waals surface area (Å²) in [6.07, 6.45) is 23.3. The van der Waals surface area contributed by atoms with Crippen molar-refractivity contribution < 1.29 is 30.0 Å². The molecular weight excluding hydrogens is 817 g/mol. The van der Waals surface area contributed by atoms with Crippen molar-refractivity contribution in [1.82, 2.24) is 0 Å². The number of carboxylic acid groups (broad SMARTS) is 2. The maximum atomic E-state index is 12.8. The molecule has 0 radical (unpaired) electrons. The Morgan fingerprint density at radius 2 is 0.803 bits per heavy atom. The van der Waals surface area contributed by atoms with Crippen molar-refractivity contribution in [2.45, 2.75) is 225 Å². The lowest BCUT2D eigenvalue weighted by Gasteiger charge is -2.71. The van der Waals surface area contributed by atoms with Crippen molar-refractivity contribution >= 4 is 11.9 Å². The van der Waals surface area contributed by atoms with Gasteiger partial charge in [-0.2, -0.15) is 0 Å². The first-order valence-corrected chi connectivity index (χ1v) is 27.8. The van der Waals surface area contributed by atoms with Crippen LogP contribution in [0.15, 0.2) is 23.3 Å². The van der Waals surface area contributed by atoms with Gasteiger partial charge in [-0.25, -0.2) is 0 Å². The minimum Gasteiger partial charge on any atom is -0.481 e. The molecule has 0 unspecified atom stereocenters. The highest BCUT2D eigenvalue weighted by Gasteiger charge is 2.72. The number of aliphatic carboxylic acids is 2. The summed E-state index contributed by atoms with van der Waals surface area (Å²) in [5.74, 6) is 3.65. The van der Waals surface area contributed by atoms with Gasteiger partial charge in [0, 0.05) is 0 Å². The molecule has 6 nitrogen and oxygen atoms in total.